The Balaban J connectivity index is 1.92. The van der Waals surface area contributed by atoms with E-state index in [1.165, 1.54) is 0 Å². The van der Waals surface area contributed by atoms with Crippen molar-refractivity contribution in [3.05, 3.63) is 35.5 Å². The van der Waals surface area contributed by atoms with E-state index in [0.29, 0.717) is 29.9 Å². The Morgan fingerprint density at radius 2 is 2.33 bits per heavy atom. The highest BCUT2D eigenvalue weighted by Gasteiger charge is 2.02. The van der Waals surface area contributed by atoms with Crippen molar-refractivity contribution in [2.45, 2.75) is 13.2 Å². The Labute approximate surface area is 110 Å². The zero-order valence-corrected chi connectivity index (χ0v) is 10.8. The van der Waals surface area contributed by atoms with Gasteiger partial charge in [0.1, 0.15) is 17.6 Å². The van der Waals surface area contributed by atoms with Crippen molar-refractivity contribution in [3.63, 3.8) is 0 Å². The van der Waals surface area contributed by atoms with Crippen molar-refractivity contribution in [1.82, 2.24) is 19.7 Å². The molecule has 0 aliphatic carbocycles. The van der Waals surface area contributed by atoms with E-state index in [1.54, 1.807) is 19.4 Å². The quantitative estimate of drug-likeness (QED) is 0.805. The highest BCUT2D eigenvalue weighted by Crippen LogP contribution is 2.11. The fourth-order valence-corrected chi connectivity index (χ4v) is 1.68. The molecule has 0 spiro atoms. The number of methoxy groups -OCH3 is 1. The number of ether oxygens (including phenoxy) is 1. The Bertz CT molecular complexity index is 488. The van der Waals surface area contributed by atoms with Gasteiger partial charge in [0, 0.05) is 32.1 Å². The van der Waals surface area contributed by atoms with Crippen molar-refractivity contribution < 1.29 is 4.74 Å². The van der Waals surface area contributed by atoms with Gasteiger partial charge in [0.15, 0.2) is 5.82 Å². The van der Waals surface area contributed by atoms with Crippen LogP contribution >= 0.6 is 11.6 Å². The lowest BCUT2D eigenvalue weighted by molar-refractivity contribution is 0.178. The number of halogens is 1. The van der Waals surface area contributed by atoms with E-state index < -0.39 is 0 Å². The van der Waals surface area contributed by atoms with E-state index in [9.17, 15) is 0 Å². The molecule has 1 N–H and O–H groups in total. The molecule has 18 heavy (non-hydrogen) atoms. The van der Waals surface area contributed by atoms with Crippen molar-refractivity contribution in [2.24, 2.45) is 0 Å². The summed E-state index contributed by atoms with van der Waals surface area (Å²) in [6.45, 7) is 1.81. The smallest absolute Gasteiger partial charge is 0.158 e. The van der Waals surface area contributed by atoms with Crippen molar-refractivity contribution in [1.29, 1.82) is 0 Å². The zero-order valence-electron chi connectivity index (χ0n) is 10.0. The summed E-state index contributed by atoms with van der Waals surface area (Å²) in [4.78, 5) is 8.33. The molecule has 96 valence electrons. The van der Waals surface area contributed by atoms with Crippen LogP contribution in [0.3, 0.4) is 0 Å². The second-order valence-electron chi connectivity index (χ2n) is 3.62. The molecule has 6 nitrogen and oxygen atoms in total. The van der Waals surface area contributed by atoms with Crippen LogP contribution in [0.25, 0.3) is 0 Å². The van der Waals surface area contributed by atoms with E-state index in [1.807, 2.05) is 16.9 Å². The topological polar surface area (TPSA) is 64.9 Å². The van der Waals surface area contributed by atoms with Gasteiger partial charge in [0.25, 0.3) is 0 Å². The molecule has 2 aromatic heterocycles. The minimum atomic E-state index is 0.342. The molecule has 0 radical (unpaired) electrons. The molecule has 0 unspecified atom stereocenters. The average Bonchev–Trinajstić information content (AvgIpc) is 2.82. The predicted molar refractivity (Wildman–Crippen MR) is 68.5 cm³/mol. The predicted octanol–water partition coefficient (Wildman–Crippen LogP) is 1.58. The van der Waals surface area contributed by atoms with Gasteiger partial charge in [0.05, 0.1) is 6.54 Å². The van der Waals surface area contributed by atoms with Crippen LogP contribution < -0.4 is 5.32 Å². The van der Waals surface area contributed by atoms with Gasteiger partial charge in [-0.1, -0.05) is 11.6 Å². The zero-order chi connectivity index (χ0) is 12.8. The molecule has 0 bridgehead atoms. The summed E-state index contributed by atoms with van der Waals surface area (Å²) in [5.41, 5.74) is 0. The SMILES string of the molecule is COCc1nc(Cl)cc(NCCn2cccn2)n1. The summed E-state index contributed by atoms with van der Waals surface area (Å²) in [7, 11) is 1.59. The summed E-state index contributed by atoms with van der Waals surface area (Å²) in [5.74, 6) is 1.25. The maximum atomic E-state index is 5.90. The lowest BCUT2D eigenvalue weighted by Gasteiger charge is -2.07. The maximum Gasteiger partial charge on any atom is 0.158 e. The van der Waals surface area contributed by atoms with Gasteiger partial charge < -0.3 is 10.1 Å². The molecule has 7 heteroatoms. The third-order valence-electron chi connectivity index (χ3n) is 2.22. The summed E-state index contributed by atoms with van der Waals surface area (Å²) in [6.07, 6.45) is 3.66. The molecular weight excluding hydrogens is 254 g/mol. The largest absolute Gasteiger partial charge is 0.377 e. The minimum Gasteiger partial charge on any atom is -0.377 e. The summed E-state index contributed by atoms with van der Waals surface area (Å²) in [5, 5.41) is 7.68. The first kappa shape index (κ1) is 12.8. The first-order valence-electron chi connectivity index (χ1n) is 5.51. The average molecular weight is 268 g/mol. The van der Waals surface area contributed by atoms with Crippen molar-refractivity contribution in [2.75, 3.05) is 19.0 Å². The monoisotopic (exact) mass is 267 g/mol. The third kappa shape index (κ3) is 3.68. The fraction of sp³-hybridized carbons (Fsp3) is 0.364. The van der Waals surface area contributed by atoms with Crippen molar-refractivity contribution in [3.8, 4) is 0 Å². The van der Waals surface area contributed by atoms with Gasteiger partial charge in [-0.3, -0.25) is 4.68 Å². The second kappa shape index (κ2) is 6.32. The molecule has 0 fully saturated rings. The van der Waals surface area contributed by atoms with Crippen LogP contribution in [0.5, 0.6) is 0 Å². The number of nitrogens with one attached hydrogen (secondary N) is 1. The fourth-order valence-electron chi connectivity index (χ4n) is 1.48. The lowest BCUT2D eigenvalue weighted by Crippen LogP contribution is -2.12. The number of nitrogens with zero attached hydrogens (tertiary/aromatic N) is 4. The molecule has 2 heterocycles. The number of rotatable bonds is 6. The first-order valence-corrected chi connectivity index (χ1v) is 5.89. The summed E-state index contributed by atoms with van der Waals surface area (Å²) < 4.78 is 6.81. The highest BCUT2D eigenvalue weighted by atomic mass is 35.5. The highest BCUT2D eigenvalue weighted by molar-refractivity contribution is 6.29. The molecule has 0 atom stereocenters. The van der Waals surface area contributed by atoms with Crippen LogP contribution in [0, 0.1) is 0 Å². The number of anilines is 1. The number of aromatic nitrogens is 4. The van der Waals surface area contributed by atoms with Gasteiger partial charge in [0.2, 0.25) is 0 Å². The van der Waals surface area contributed by atoms with Crippen LogP contribution in [0.15, 0.2) is 24.5 Å². The van der Waals surface area contributed by atoms with Crippen molar-refractivity contribution >= 4 is 17.4 Å². The molecular formula is C11H14ClN5O. The molecule has 0 saturated carbocycles. The third-order valence-corrected chi connectivity index (χ3v) is 2.41. The second-order valence-corrected chi connectivity index (χ2v) is 4.01. The van der Waals surface area contributed by atoms with E-state index in [0.717, 1.165) is 6.54 Å². The number of hydrogen-bond donors (Lipinski definition) is 1. The summed E-state index contributed by atoms with van der Waals surface area (Å²) >= 11 is 5.90. The minimum absolute atomic E-state index is 0.342. The first-order chi connectivity index (χ1) is 8.78. The van der Waals surface area contributed by atoms with E-state index in [4.69, 9.17) is 16.3 Å². The Hall–Kier alpha value is -1.66. The van der Waals surface area contributed by atoms with Gasteiger partial charge in [-0.05, 0) is 6.07 Å². The van der Waals surface area contributed by atoms with Crippen LogP contribution in [-0.2, 0) is 17.9 Å². The van der Waals surface area contributed by atoms with Crippen LogP contribution in [-0.4, -0.2) is 33.4 Å². The maximum absolute atomic E-state index is 5.90. The van der Waals surface area contributed by atoms with E-state index in [-0.39, 0.29) is 0 Å². The summed E-state index contributed by atoms with van der Waals surface area (Å²) in [6, 6.07) is 3.57. The molecule has 2 rings (SSSR count). The van der Waals surface area contributed by atoms with E-state index >= 15 is 0 Å². The molecule has 2 aromatic rings. The Kier molecular flexibility index (Phi) is 4.49. The van der Waals surface area contributed by atoms with E-state index in [2.05, 4.69) is 20.4 Å². The molecule has 0 amide bonds. The van der Waals surface area contributed by atoms with Gasteiger partial charge in [-0.2, -0.15) is 5.10 Å². The van der Waals surface area contributed by atoms with Gasteiger partial charge in [-0.25, -0.2) is 9.97 Å². The lowest BCUT2D eigenvalue weighted by atomic mass is 10.5. The molecule has 0 aliphatic rings. The van der Waals surface area contributed by atoms with Crippen LogP contribution in [0.4, 0.5) is 5.82 Å². The number of hydrogen-bond acceptors (Lipinski definition) is 5. The van der Waals surface area contributed by atoms with Crippen LogP contribution in [0.1, 0.15) is 5.82 Å². The van der Waals surface area contributed by atoms with Gasteiger partial charge in [-0.15, -0.1) is 0 Å². The Morgan fingerprint density at radius 3 is 3.06 bits per heavy atom. The molecule has 0 saturated heterocycles. The molecule has 0 aromatic carbocycles. The Morgan fingerprint density at radius 1 is 1.44 bits per heavy atom. The molecule has 0 aliphatic heterocycles. The standard InChI is InChI=1S/C11H14ClN5O/c1-18-8-11-15-9(12)7-10(16-11)13-4-6-17-5-2-3-14-17/h2-3,5,7H,4,6,8H2,1H3,(H,13,15,16). The van der Waals surface area contributed by atoms with Gasteiger partial charge >= 0.3 is 0 Å². The normalized spacial score (nSPS) is 10.6. The van der Waals surface area contributed by atoms with Crippen LogP contribution in [0.2, 0.25) is 5.15 Å².